The molecule has 0 aliphatic rings. The second kappa shape index (κ2) is 2.90. The molecule has 0 fully saturated rings. The zero-order valence-electron chi connectivity index (χ0n) is 7.19. The van der Waals surface area contributed by atoms with Gasteiger partial charge in [0.15, 0.2) is 0 Å². The van der Waals surface area contributed by atoms with Crippen LogP contribution < -0.4 is 5.73 Å². The molecule has 0 spiro atoms. The van der Waals surface area contributed by atoms with E-state index < -0.39 is 0 Å². The lowest BCUT2D eigenvalue weighted by Crippen LogP contribution is -1.82. The molecule has 0 amide bonds. The van der Waals surface area contributed by atoms with Crippen molar-refractivity contribution in [2.24, 2.45) is 0 Å². The molecule has 2 heterocycles. The summed E-state index contributed by atoms with van der Waals surface area (Å²) in [5.41, 5.74) is 8.06. The van der Waals surface area contributed by atoms with Crippen LogP contribution in [0.15, 0.2) is 28.9 Å². The van der Waals surface area contributed by atoms with Crippen molar-refractivity contribution in [2.75, 3.05) is 5.73 Å². The summed E-state index contributed by atoms with van der Waals surface area (Å²) in [6, 6.07) is 5.48. The van der Waals surface area contributed by atoms with Crippen LogP contribution in [-0.4, -0.2) is 10.1 Å². The Labute approximate surface area is 75.4 Å². The van der Waals surface area contributed by atoms with E-state index in [-0.39, 0.29) is 0 Å². The van der Waals surface area contributed by atoms with Crippen molar-refractivity contribution < 1.29 is 4.52 Å². The minimum Gasteiger partial charge on any atom is -0.368 e. The number of hydrogen-bond acceptors (Lipinski definition) is 4. The van der Waals surface area contributed by atoms with E-state index in [1.165, 1.54) is 0 Å². The summed E-state index contributed by atoms with van der Waals surface area (Å²) in [5.74, 6) is 0.324. The smallest absolute Gasteiger partial charge is 0.222 e. The highest BCUT2D eigenvalue weighted by molar-refractivity contribution is 5.60. The highest BCUT2D eigenvalue weighted by Crippen LogP contribution is 2.19. The van der Waals surface area contributed by atoms with Gasteiger partial charge in [-0.15, -0.1) is 0 Å². The Hall–Kier alpha value is -1.84. The van der Waals surface area contributed by atoms with E-state index in [2.05, 4.69) is 10.1 Å². The van der Waals surface area contributed by atoms with Crippen molar-refractivity contribution in [3.05, 3.63) is 30.1 Å². The highest BCUT2D eigenvalue weighted by Gasteiger charge is 2.03. The molecular formula is C9H9N3O. The Morgan fingerprint density at radius 3 is 2.85 bits per heavy atom. The molecule has 2 rings (SSSR count). The number of nitrogen functional groups attached to an aromatic ring is 1. The minimum absolute atomic E-state index is 0.324. The Bertz CT molecular complexity index is 422. The average molecular weight is 175 g/mol. The summed E-state index contributed by atoms with van der Waals surface area (Å²) < 4.78 is 4.77. The first-order chi connectivity index (χ1) is 6.25. The standard InChI is InChI=1S/C9H9N3O/c1-6-4-7(2-3-11-6)8-5-9(10)13-12-8/h2-5H,10H2,1H3. The summed E-state index contributed by atoms with van der Waals surface area (Å²) in [4.78, 5) is 4.08. The van der Waals surface area contributed by atoms with E-state index >= 15 is 0 Å². The van der Waals surface area contributed by atoms with Gasteiger partial charge in [0, 0.05) is 23.5 Å². The van der Waals surface area contributed by atoms with Gasteiger partial charge in [0.05, 0.1) is 0 Å². The monoisotopic (exact) mass is 175 g/mol. The molecule has 13 heavy (non-hydrogen) atoms. The van der Waals surface area contributed by atoms with Gasteiger partial charge in [0.1, 0.15) is 5.69 Å². The maximum absolute atomic E-state index is 5.41. The van der Waals surface area contributed by atoms with Crippen LogP contribution in [0, 0.1) is 6.92 Å². The quantitative estimate of drug-likeness (QED) is 0.715. The molecule has 2 aromatic heterocycles. The Kier molecular flexibility index (Phi) is 1.73. The lowest BCUT2D eigenvalue weighted by atomic mass is 10.2. The summed E-state index contributed by atoms with van der Waals surface area (Å²) in [7, 11) is 0. The highest BCUT2D eigenvalue weighted by atomic mass is 16.5. The first kappa shape index (κ1) is 7.79. The second-order valence-electron chi connectivity index (χ2n) is 2.80. The largest absolute Gasteiger partial charge is 0.368 e. The Morgan fingerprint density at radius 2 is 2.23 bits per heavy atom. The summed E-state index contributed by atoms with van der Waals surface area (Å²) in [6.45, 7) is 1.92. The van der Waals surface area contributed by atoms with Crippen LogP contribution in [0.1, 0.15) is 5.69 Å². The molecule has 0 bridgehead atoms. The van der Waals surface area contributed by atoms with Crippen molar-refractivity contribution in [1.82, 2.24) is 10.1 Å². The molecule has 0 aromatic carbocycles. The third kappa shape index (κ3) is 1.51. The molecule has 66 valence electrons. The maximum atomic E-state index is 5.41. The fourth-order valence-electron chi connectivity index (χ4n) is 1.13. The van der Waals surface area contributed by atoms with Crippen LogP contribution in [0.3, 0.4) is 0 Å². The van der Waals surface area contributed by atoms with Crippen molar-refractivity contribution in [3.8, 4) is 11.3 Å². The molecule has 0 aliphatic heterocycles. The molecule has 4 heteroatoms. The molecule has 2 aromatic rings. The van der Waals surface area contributed by atoms with Crippen molar-refractivity contribution in [2.45, 2.75) is 6.92 Å². The molecule has 0 saturated carbocycles. The van der Waals surface area contributed by atoms with Crippen molar-refractivity contribution in [1.29, 1.82) is 0 Å². The van der Waals surface area contributed by atoms with Gasteiger partial charge in [-0.3, -0.25) is 4.98 Å². The topological polar surface area (TPSA) is 64.9 Å². The number of nitrogens with two attached hydrogens (primary N) is 1. The lowest BCUT2D eigenvalue weighted by Gasteiger charge is -1.94. The first-order valence-electron chi connectivity index (χ1n) is 3.91. The summed E-state index contributed by atoms with van der Waals surface area (Å²) in [5, 5.41) is 3.80. The molecule has 2 N–H and O–H groups in total. The van der Waals surface area contributed by atoms with Crippen molar-refractivity contribution >= 4 is 5.88 Å². The predicted molar refractivity (Wildman–Crippen MR) is 48.9 cm³/mol. The van der Waals surface area contributed by atoms with Crippen LogP contribution in [0.25, 0.3) is 11.3 Å². The van der Waals surface area contributed by atoms with Gasteiger partial charge in [0.2, 0.25) is 5.88 Å². The number of rotatable bonds is 1. The van der Waals surface area contributed by atoms with E-state index in [4.69, 9.17) is 10.3 Å². The number of nitrogens with zero attached hydrogens (tertiary/aromatic N) is 2. The van der Waals surface area contributed by atoms with E-state index in [1.807, 2.05) is 19.1 Å². The average Bonchev–Trinajstić information content (AvgIpc) is 2.52. The maximum Gasteiger partial charge on any atom is 0.222 e. The molecule has 0 aliphatic carbocycles. The van der Waals surface area contributed by atoms with Crippen LogP contribution >= 0.6 is 0 Å². The fourth-order valence-corrected chi connectivity index (χ4v) is 1.13. The van der Waals surface area contributed by atoms with Gasteiger partial charge < -0.3 is 10.3 Å². The molecule has 0 radical (unpaired) electrons. The Balaban J connectivity index is 2.46. The third-order valence-corrected chi connectivity index (χ3v) is 1.72. The van der Waals surface area contributed by atoms with Crippen LogP contribution in [-0.2, 0) is 0 Å². The van der Waals surface area contributed by atoms with Gasteiger partial charge in [-0.25, -0.2) is 0 Å². The molecule has 0 atom stereocenters. The second-order valence-corrected chi connectivity index (χ2v) is 2.80. The van der Waals surface area contributed by atoms with Crippen LogP contribution in [0.5, 0.6) is 0 Å². The fraction of sp³-hybridized carbons (Fsp3) is 0.111. The van der Waals surface area contributed by atoms with Crippen molar-refractivity contribution in [3.63, 3.8) is 0 Å². The van der Waals surface area contributed by atoms with Gasteiger partial charge >= 0.3 is 0 Å². The zero-order chi connectivity index (χ0) is 9.26. The van der Waals surface area contributed by atoms with Gasteiger partial charge in [0.25, 0.3) is 0 Å². The number of hydrogen-bond donors (Lipinski definition) is 1. The van der Waals surface area contributed by atoms with E-state index in [0.717, 1.165) is 17.0 Å². The summed E-state index contributed by atoms with van der Waals surface area (Å²) >= 11 is 0. The number of aromatic nitrogens is 2. The number of aryl methyl sites for hydroxylation is 1. The Morgan fingerprint density at radius 1 is 1.38 bits per heavy atom. The molecule has 0 unspecified atom stereocenters. The number of pyridine rings is 1. The minimum atomic E-state index is 0.324. The summed E-state index contributed by atoms with van der Waals surface area (Å²) in [6.07, 6.45) is 1.73. The van der Waals surface area contributed by atoms with E-state index in [0.29, 0.717) is 5.88 Å². The molecule has 4 nitrogen and oxygen atoms in total. The molecular weight excluding hydrogens is 166 g/mol. The van der Waals surface area contributed by atoms with Gasteiger partial charge in [-0.05, 0) is 19.1 Å². The lowest BCUT2D eigenvalue weighted by molar-refractivity contribution is 0.439. The van der Waals surface area contributed by atoms with Crippen LogP contribution in [0.4, 0.5) is 5.88 Å². The first-order valence-corrected chi connectivity index (χ1v) is 3.91. The van der Waals surface area contributed by atoms with Gasteiger partial charge in [-0.2, -0.15) is 0 Å². The number of anilines is 1. The zero-order valence-corrected chi connectivity index (χ0v) is 7.19. The predicted octanol–water partition coefficient (Wildman–Crippen LogP) is 1.63. The van der Waals surface area contributed by atoms with Gasteiger partial charge in [-0.1, -0.05) is 5.16 Å². The SMILES string of the molecule is Cc1cc(-c2cc(N)on2)ccn1. The van der Waals surface area contributed by atoms with E-state index in [1.54, 1.807) is 12.3 Å². The third-order valence-electron chi connectivity index (χ3n) is 1.72. The normalized spacial score (nSPS) is 10.2. The van der Waals surface area contributed by atoms with E-state index in [9.17, 15) is 0 Å². The molecule has 0 saturated heterocycles. The van der Waals surface area contributed by atoms with Crippen LogP contribution in [0.2, 0.25) is 0 Å².